The van der Waals surface area contributed by atoms with E-state index in [-0.39, 0.29) is 0 Å². The summed E-state index contributed by atoms with van der Waals surface area (Å²) in [6, 6.07) is 14.7. The fraction of sp³-hybridized carbons (Fsp3) is 0.133. The lowest BCUT2D eigenvalue weighted by atomic mass is 10.0. The minimum Gasteiger partial charge on any atom is -0.236 e. The summed E-state index contributed by atoms with van der Waals surface area (Å²) in [4.78, 5) is 4.70. The molecule has 84 valence electrons. The number of aromatic nitrogens is 1. The first-order valence-electron chi connectivity index (χ1n) is 5.68. The summed E-state index contributed by atoms with van der Waals surface area (Å²) in [5, 5.41) is 1.12. The summed E-state index contributed by atoms with van der Waals surface area (Å²) in [6.45, 7) is 4.31. The van der Waals surface area contributed by atoms with Crippen LogP contribution in [0.15, 0.2) is 42.5 Å². The van der Waals surface area contributed by atoms with E-state index in [4.69, 9.17) is 4.98 Å². The van der Waals surface area contributed by atoms with E-state index in [1.165, 1.54) is 21.4 Å². The second-order valence-corrected chi connectivity index (χ2v) is 5.26. The highest BCUT2D eigenvalue weighted by atomic mass is 32.1. The molecule has 0 saturated carbocycles. The van der Waals surface area contributed by atoms with Gasteiger partial charge in [-0.3, -0.25) is 0 Å². The number of thiazole rings is 1. The van der Waals surface area contributed by atoms with E-state index < -0.39 is 0 Å². The van der Waals surface area contributed by atoms with Gasteiger partial charge in [0.1, 0.15) is 5.01 Å². The van der Waals surface area contributed by atoms with Crippen LogP contribution in [0.1, 0.15) is 11.1 Å². The van der Waals surface area contributed by atoms with Gasteiger partial charge in [-0.25, -0.2) is 4.98 Å². The van der Waals surface area contributed by atoms with Gasteiger partial charge in [0.15, 0.2) is 0 Å². The van der Waals surface area contributed by atoms with E-state index in [9.17, 15) is 0 Å². The van der Waals surface area contributed by atoms with Gasteiger partial charge < -0.3 is 0 Å². The lowest BCUT2D eigenvalue weighted by molar-refractivity contribution is 1.33. The molecule has 1 nitrogen and oxygen atoms in total. The van der Waals surface area contributed by atoms with Crippen LogP contribution in [0.25, 0.3) is 20.8 Å². The van der Waals surface area contributed by atoms with Crippen molar-refractivity contribution in [3.63, 3.8) is 0 Å². The highest BCUT2D eigenvalue weighted by molar-refractivity contribution is 7.21. The van der Waals surface area contributed by atoms with E-state index in [1.54, 1.807) is 11.3 Å². The largest absolute Gasteiger partial charge is 0.236 e. The predicted molar refractivity (Wildman–Crippen MR) is 74.5 cm³/mol. The Morgan fingerprint density at radius 2 is 1.76 bits per heavy atom. The lowest BCUT2D eigenvalue weighted by Gasteiger charge is -2.04. The molecule has 0 fully saturated rings. The Labute approximate surface area is 105 Å². The summed E-state index contributed by atoms with van der Waals surface area (Å²) in [5.74, 6) is 0. The van der Waals surface area contributed by atoms with Crippen molar-refractivity contribution >= 4 is 21.6 Å². The molecule has 0 radical (unpaired) electrons. The van der Waals surface area contributed by atoms with Gasteiger partial charge in [-0.2, -0.15) is 0 Å². The molecule has 17 heavy (non-hydrogen) atoms. The normalized spacial score (nSPS) is 10.9. The number of fused-ring (bicyclic) bond motifs is 1. The Kier molecular flexibility index (Phi) is 2.45. The lowest BCUT2D eigenvalue weighted by Crippen LogP contribution is -1.85. The van der Waals surface area contributed by atoms with Crippen LogP contribution in [0.2, 0.25) is 0 Å². The summed E-state index contributed by atoms with van der Waals surface area (Å²) < 4.78 is 1.25. The molecule has 1 heterocycles. The average molecular weight is 239 g/mol. The number of benzene rings is 2. The molecule has 3 rings (SSSR count). The maximum Gasteiger partial charge on any atom is 0.124 e. The predicted octanol–water partition coefficient (Wildman–Crippen LogP) is 4.58. The van der Waals surface area contributed by atoms with Crippen LogP contribution in [-0.4, -0.2) is 4.98 Å². The van der Waals surface area contributed by atoms with E-state index in [1.807, 2.05) is 6.07 Å². The molecular weight excluding hydrogens is 226 g/mol. The SMILES string of the molecule is Cc1cccc(-c2nc3ccccc3s2)c1C. The van der Waals surface area contributed by atoms with Crippen LogP contribution >= 0.6 is 11.3 Å². The Balaban J connectivity index is 2.24. The first-order valence-corrected chi connectivity index (χ1v) is 6.49. The van der Waals surface area contributed by atoms with Gasteiger partial charge in [0, 0.05) is 5.56 Å². The third-order valence-electron chi connectivity index (χ3n) is 3.13. The van der Waals surface area contributed by atoms with Crippen LogP contribution < -0.4 is 0 Å². The quantitative estimate of drug-likeness (QED) is 0.605. The average Bonchev–Trinajstić information content (AvgIpc) is 2.76. The van der Waals surface area contributed by atoms with Crippen molar-refractivity contribution in [1.82, 2.24) is 4.98 Å². The van der Waals surface area contributed by atoms with E-state index in [0.29, 0.717) is 0 Å². The number of rotatable bonds is 1. The number of nitrogens with zero attached hydrogens (tertiary/aromatic N) is 1. The number of para-hydroxylation sites is 1. The number of aryl methyl sites for hydroxylation is 1. The van der Waals surface area contributed by atoms with Crippen LogP contribution in [0.5, 0.6) is 0 Å². The second-order valence-electron chi connectivity index (χ2n) is 4.23. The molecule has 0 unspecified atom stereocenters. The fourth-order valence-corrected chi connectivity index (χ4v) is 3.02. The van der Waals surface area contributed by atoms with Crippen molar-refractivity contribution in [1.29, 1.82) is 0 Å². The molecule has 3 aromatic rings. The maximum absolute atomic E-state index is 4.70. The summed E-state index contributed by atoms with van der Waals surface area (Å²) in [6.07, 6.45) is 0. The third-order valence-corrected chi connectivity index (χ3v) is 4.20. The molecule has 0 atom stereocenters. The molecule has 0 aliphatic carbocycles. The standard InChI is InChI=1S/C15H13NS/c1-10-6-5-7-12(11(10)2)15-16-13-8-3-4-9-14(13)17-15/h3-9H,1-2H3. The van der Waals surface area contributed by atoms with Crippen molar-refractivity contribution in [3.8, 4) is 10.6 Å². The summed E-state index contributed by atoms with van der Waals surface area (Å²) in [5.41, 5.74) is 4.99. The fourth-order valence-electron chi connectivity index (χ4n) is 1.97. The van der Waals surface area contributed by atoms with Crippen LogP contribution in [0.3, 0.4) is 0 Å². The molecule has 0 saturated heterocycles. The van der Waals surface area contributed by atoms with Crippen molar-refractivity contribution < 1.29 is 0 Å². The van der Waals surface area contributed by atoms with Gasteiger partial charge in [0.25, 0.3) is 0 Å². The van der Waals surface area contributed by atoms with Gasteiger partial charge in [0.05, 0.1) is 10.2 Å². The highest BCUT2D eigenvalue weighted by Gasteiger charge is 2.08. The topological polar surface area (TPSA) is 12.9 Å². The van der Waals surface area contributed by atoms with Crippen LogP contribution in [-0.2, 0) is 0 Å². The zero-order valence-corrected chi connectivity index (χ0v) is 10.7. The maximum atomic E-state index is 4.70. The van der Waals surface area contributed by atoms with Crippen molar-refractivity contribution in [2.75, 3.05) is 0 Å². The number of hydrogen-bond donors (Lipinski definition) is 0. The van der Waals surface area contributed by atoms with Gasteiger partial charge in [-0.05, 0) is 37.1 Å². The van der Waals surface area contributed by atoms with Crippen LogP contribution in [0, 0.1) is 13.8 Å². The molecule has 1 aromatic heterocycles. The molecule has 0 N–H and O–H groups in total. The van der Waals surface area contributed by atoms with Crippen molar-refractivity contribution in [2.24, 2.45) is 0 Å². The van der Waals surface area contributed by atoms with Gasteiger partial charge >= 0.3 is 0 Å². The Morgan fingerprint density at radius 3 is 2.59 bits per heavy atom. The first kappa shape index (κ1) is 10.5. The molecule has 2 heteroatoms. The monoisotopic (exact) mass is 239 g/mol. The Bertz CT molecular complexity index is 649. The molecule has 2 aromatic carbocycles. The van der Waals surface area contributed by atoms with Gasteiger partial charge in [0.2, 0.25) is 0 Å². The summed E-state index contributed by atoms with van der Waals surface area (Å²) >= 11 is 1.76. The van der Waals surface area contributed by atoms with E-state index in [2.05, 4.69) is 50.2 Å². The second kappa shape index (κ2) is 3.97. The summed E-state index contributed by atoms with van der Waals surface area (Å²) in [7, 11) is 0. The number of hydrogen-bond acceptors (Lipinski definition) is 2. The van der Waals surface area contributed by atoms with Gasteiger partial charge in [-0.15, -0.1) is 11.3 Å². The smallest absolute Gasteiger partial charge is 0.124 e. The minimum atomic E-state index is 1.09. The zero-order valence-electron chi connectivity index (χ0n) is 9.90. The van der Waals surface area contributed by atoms with E-state index >= 15 is 0 Å². The molecular formula is C15H13NS. The van der Waals surface area contributed by atoms with E-state index in [0.717, 1.165) is 10.5 Å². The Hall–Kier alpha value is -1.67. The molecule has 0 aliphatic rings. The zero-order chi connectivity index (χ0) is 11.8. The van der Waals surface area contributed by atoms with Gasteiger partial charge in [-0.1, -0.05) is 30.3 Å². The Morgan fingerprint density at radius 1 is 0.941 bits per heavy atom. The molecule has 0 spiro atoms. The van der Waals surface area contributed by atoms with Crippen molar-refractivity contribution in [3.05, 3.63) is 53.6 Å². The van der Waals surface area contributed by atoms with Crippen molar-refractivity contribution in [2.45, 2.75) is 13.8 Å². The molecule has 0 aliphatic heterocycles. The highest BCUT2D eigenvalue weighted by Crippen LogP contribution is 2.32. The molecule has 0 bridgehead atoms. The third kappa shape index (κ3) is 1.75. The molecule has 0 amide bonds. The van der Waals surface area contributed by atoms with Crippen LogP contribution in [0.4, 0.5) is 0 Å². The first-order chi connectivity index (χ1) is 8.25. The minimum absolute atomic E-state index is 1.09.